The molecule has 7 heteroatoms. The first-order valence-electron chi connectivity index (χ1n) is 12.4. The molecule has 1 fully saturated rings. The Morgan fingerprint density at radius 1 is 1.11 bits per heavy atom. The highest BCUT2D eigenvalue weighted by atomic mass is 16.6. The van der Waals surface area contributed by atoms with E-state index in [1.54, 1.807) is 24.0 Å². The highest BCUT2D eigenvalue weighted by Crippen LogP contribution is 2.19. The Labute approximate surface area is 207 Å². The number of hydrogen-bond acceptors (Lipinski definition) is 6. The predicted molar refractivity (Wildman–Crippen MR) is 134 cm³/mol. The summed E-state index contributed by atoms with van der Waals surface area (Å²) >= 11 is 0. The third-order valence-electron chi connectivity index (χ3n) is 5.76. The summed E-state index contributed by atoms with van der Waals surface area (Å²) < 4.78 is 11.3. The maximum Gasteiger partial charge on any atom is 0.410 e. The van der Waals surface area contributed by atoms with E-state index in [0.29, 0.717) is 68.8 Å². The molecule has 1 aliphatic rings. The van der Waals surface area contributed by atoms with Crippen molar-refractivity contribution in [3.8, 4) is 0 Å². The van der Waals surface area contributed by atoms with Crippen LogP contribution >= 0.6 is 0 Å². The fraction of sp³-hybridized carbons (Fsp3) is 0.500. The number of Topliss-reactive ketones (excluding diaryl/α,β-unsaturated/α-hetero) is 2. The largest absolute Gasteiger partial charge is 0.444 e. The number of hydrogen-bond donors (Lipinski definition) is 0. The average molecular weight is 481 g/mol. The van der Waals surface area contributed by atoms with Crippen LogP contribution in [0, 0.1) is 0 Å². The summed E-state index contributed by atoms with van der Waals surface area (Å²) in [5.41, 5.74) is 2.10. The number of ether oxygens (including phenoxy) is 2. The van der Waals surface area contributed by atoms with E-state index < -0.39 is 5.60 Å². The van der Waals surface area contributed by atoms with Crippen molar-refractivity contribution in [2.45, 2.75) is 71.5 Å². The predicted octanol–water partition coefficient (Wildman–Crippen LogP) is 5.25. The van der Waals surface area contributed by atoms with Gasteiger partial charge in [0, 0.05) is 37.1 Å². The van der Waals surface area contributed by atoms with Gasteiger partial charge in [0.1, 0.15) is 11.3 Å². The summed E-state index contributed by atoms with van der Waals surface area (Å²) in [6.45, 7) is 8.73. The van der Waals surface area contributed by atoms with Crippen molar-refractivity contribution in [1.82, 2.24) is 9.88 Å². The molecule has 0 radical (unpaired) electrons. The Kier molecular flexibility index (Phi) is 9.15. The van der Waals surface area contributed by atoms with Crippen LogP contribution in [-0.4, -0.2) is 58.9 Å². The first-order valence-corrected chi connectivity index (χ1v) is 12.4. The lowest BCUT2D eigenvalue weighted by molar-refractivity contribution is -0.0450. The van der Waals surface area contributed by atoms with Crippen LogP contribution in [0.2, 0.25) is 0 Å². The van der Waals surface area contributed by atoms with Crippen molar-refractivity contribution in [1.29, 1.82) is 0 Å². The minimum atomic E-state index is -0.542. The summed E-state index contributed by atoms with van der Waals surface area (Å²) in [7, 11) is 0. The lowest BCUT2D eigenvalue weighted by Gasteiger charge is -2.34. The van der Waals surface area contributed by atoms with Crippen LogP contribution < -0.4 is 0 Å². The third kappa shape index (κ3) is 8.28. The van der Waals surface area contributed by atoms with E-state index in [1.165, 1.54) is 0 Å². The second kappa shape index (κ2) is 12.1. The fourth-order valence-corrected chi connectivity index (χ4v) is 3.99. The summed E-state index contributed by atoms with van der Waals surface area (Å²) in [5, 5.41) is 0. The SMILES string of the molecule is CCC(=O)c1cc(C(=O)CCC[C@@H]2CN(C(=O)OC(C)(C)C)CCO2)cc(Cc2ccccc2)n1. The van der Waals surface area contributed by atoms with Crippen LogP contribution in [-0.2, 0) is 15.9 Å². The molecule has 7 nitrogen and oxygen atoms in total. The second-order valence-corrected chi connectivity index (χ2v) is 9.91. The zero-order valence-corrected chi connectivity index (χ0v) is 21.2. The lowest BCUT2D eigenvalue weighted by Crippen LogP contribution is -2.47. The molecular formula is C28H36N2O5. The molecular weight excluding hydrogens is 444 g/mol. The molecule has 35 heavy (non-hydrogen) atoms. The van der Waals surface area contributed by atoms with Gasteiger partial charge >= 0.3 is 6.09 Å². The molecule has 2 aromatic rings. The summed E-state index contributed by atoms with van der Waals surface area (Å²) in [6.07, 6.45) is 2.05. The number of nitrogens with zero attached hydrogens (tertiary/aromatic N) is 2. The molecule has 0 saturated carbocycles. The zero-order chi connectivity index (χ0) is 25.4. The van der Waals surface area contributed by atoms with Gasteiger partial charge in [0.05, 0.1) is 19.3 Å². The maximum absolute atomic E-state index is 13.0. The number of benzene rings is 1. The van der Waals surface area contributed by atoms with Gasteiger partial charge in [-0.25, -0.2) is 9.78 Å². The van der Waals surface area contributed by atoms with E-state index in [-0.39, 0.29) is 23.8 Å². The first kappa shape index (κ1) is 26.5. The van der Waals surface area contributed by atoms with Gasteiger partial charge in [0.15, 0.2) is 11.6 Å². The van der Waals surface area contributed by atoms with Gasteiger partial charge in [-0.2, -0.15) is 0 Å². The van der Waals surface area contributed by atoms with Gasteiger partial charge in [0.25, 0.3) is 0 Å². The quantitative estimate of drug-likeness (QED) is 0.456. The van der Waals surface area contributed by atoms with Crippen LogP contribution in [0.15, 0.2) is 42.5 Å². The molecule has 188 valence electrons. The van der Waals surface area contributed by atoms with Crippen molar-refractivity contribution >= 4 is 17.7 Å². The molecule has 1 aliphatic heterocycles. The third-order valence-corrected chi connectivity index (χ3v) is 5.76. The van der Waals surface area contributed by atoms with E-state index >= 15 is 0 Å². The standard InChI is InChI=1S/C28H36N2O5/c1-5-25(31)24-18-21(17-22(29-24)16-20-10-7-6-8-11-20)26(32)13-9-12-23-19-30(14-15-34-23)27(33)35-28(2,3)4/h6-8,10-11,17-18,23H,5,9,12-16,19H2,1-4H3/t23-/m1/s1. The summed E-state index contributed by atoms with van der Waals surface area (Å²) in [4.78, 5) is 43.9. The van der Waals surface area contributed by atoms with Crippen LogP contribution in [0.4, 0.5) is 4.79 Å². The Balaban J connectivity index is 1.60. The van der Waals surface area contributed by atoms with Crippen molar-refractivity contribution in [3.63, 3.8) is 0 Å². The maximum atomic E-state index is 13.0. The van der Waals surface area contributed by atoms with E-state index in [1.807, 2.05) is 51.1 Å². The molecule has 0 unspecified atom stereocenters. The van der Waals surface area contributed by atoms with Crippen molar-refractivity contribution in [2.75, 3.05) is 19.7 Å². The summed E-state index contributed by atoms with van der Waals surface area (Å²) in [5.74, 6) is -0.0986. The molecule has 3 rings (SSSR count). The molecule has 1 saturated heterocycles. The average Bonchev–Trinajstić information content (AvgIpc) is 2.83. The number of carbonyl (C=O) groups is 3. The minimum absolute atomic E-state index is 0.0216. The van der Waals surface area contributed by atoms with Gasteiger partial charge in [0.2, 0.25) is 0 Å². The Morgan fingerprint density at radius 2 is 1.86 bits per heavy atom. The van der Waals surface area contributed by atoms with Gasteiger partial charge in [-0.3, -0.25) is 9.59 Å². The molecule has 0 bridgehead atoms. The minimum Gasteiger partial charge on any atom is -0.444 e. The number of pyridine rings is 1. The van der Waals surface area contributed by atoms with Crippen LogP contribution in [0.3, 0.4) is 0 Å². The van der Waals surface area contributed by atoms with Gasteiger partial charge < -0.3 is 14.4 Å². The van der Waals surface area contributed by atoms with E-state index in [0.717, 1.165) is 5.56 Å². The van der Waals surface area contributed by atoms with Crippen LogP contribution in [0.25, 0.3) is 0 Å². The highest BCUT2D eigenvalue weighted by molar-refractivity contribution is 6.00. The monoisotopic (exact) mass is 480 g/mol. The molecule has 1 aromatic carbocycles. The van der Waals surface area contributed by atoms with Crippen LogP contribution in [0.1, 0.15) is 85.5 Å². The van der Waals surface area contributed by atoms with Crippen LogP contribution in [0.5, 0.6) is 0 Å². The zero-order valence-electron chi connectivity index (χ0n) is 21.2. The normalized spacial score (nSPS) is 16.1. The fourth-order valence-electron chi connectivity index (χ4n) is 3.99. The molecule has 2 heterocycles. The van der Waals surface area contributed by atoms with Crippen molar-refractivity contribution in [2.24, 2.45) is 0 Å². The number of aromatic nitrogens is 1. The number of morpholine rings is 1. The van der Waals surface area contributed by atoms with Gasteiger partial charge in [-0.15, -0.1) is 0 Å². The molecule has 0 spiro atoms. The summed E-state index contributed by atoms with van der Waals surface area (Å²) in [6, 6.07) is 13.3. The molecule has 0 aliphatic carbocycles. The van der Waals surface area contributed by atoms with Crippen molar-refractivity contribution < 1.29 is 23.9 Å². The number of carbonyl (C=O) groups excluding carboxylic acids is 3. The van der Waals surface area contributed by atoms with Gasteiger partial charge in [-0.1, -0.05) is 37.3 Å². The molecule has 1 aromatic heterocycles. The Bertz CT molecular complexity index is 1030. The Hall–Kier alpha value is -3.06. The van der Waals surface area contributed by atoms with E-state index in [9.17, 15) is 14.4 Å². The molecule has 0 N–H and O–H groups in total. The number of ketones is 2. The van der Waals surface area contributed by atoms with Gasteiger partial charge in [-0.05, 0) is 51.3 Å². The first-order chi connectivity index (χ1) is 16.6. The van der Waals surface area contributed by atoms with E-state index in [2.05, 4.69) is 4.98 Å². The lowest BCUT2D eigenvalue weighted by atomic mass is 10.00. The van der Waals surface area contributed by atoms with E-state index in [4.69, 9.17) is 9.47 Å². The Morgan fingerprint density at radius 3 is 2.54 bits per heavy atom. The number of rotatable bonds is 9. The topological polar surface area (TPSA) is 85.8 Å². The highest BCUT2D eigenvalue weighted by Gasteiger charge is 2.28. The molecule has 1 amide bonds. The number of amides is 1. The molecule has 1 atom stereocenters. The smallest absolute Gasteiger partial charge is 0.410 e. The second-order valence-electron chi connectivity index (χ2n) is 9.91. The van der Waals surface area contributed by atoms with Crippen molar-refractivity contribution in [3.05, 3.63) is 65.0 Å².